The number of hydrogen-bond acceptors (Lipinski definition) is 3. The summed E-state index contributed by atoms with van der Waals surface area (Å²) in [6, 6.07) is 3.53. The third-order valence-corrected chi connectivity index (χ3v) is 2.77. The fraction of sp³-hybridized carbons (Fsp3) is 0.643. The van der Waals surface area contributed by atoms with Crippen LogP contribution in [0.3, 0.4) is 0 Å². The first-order valence-electron chi connectivity index (χ1n) is 6.46. The first-order valence-corrected chi connectivity index (χ1v) is 6.46. The molecule has 0 saturated heterocycles. The highest BCUT2D eigenvalue weighted by atomic mass is 16.3. The van der Waals surface area contributed by atoms with Gasteiger partial charge in [0.25, 0.3) is 0 Å². The van der Waals surface area contributed by atoms with Gasteiger partial charge in [0, 0.05) is 12.2 Å². The molecule has 3 nitrogen and oxygen atoms in total. The number of aromatic nitrogens is 1. The summed E-state index contributed by atoms with van der Waals surface area (Å²) in [5.41, 5.74) is 1.69. The maximum Gasteiger partial charge on any atom is 0.138 e. The summed E-state index contributed by atoms with van der Waals surface area (Å²) in [6.45, 7) is 8.08. The number of aromatic hydroxyl groups is 1. The summed E-state index contributed by atoms with van der Waals surface area (Å²) in [5, 5.41) is 12.9. The molecule has 2 N–H and O–H groups in total. The molecule has 1 aromatic rings. The molecule has 0 spiro atoms. The van der Waals surface area contributed by atoms with E-state index in [1.54, 1.807) is 6.07 Å². The average molecular weight is 236 g/mol. The minimum absolute atomic E-state index is 0.283. The first kappa shape index (κ1) is 14.0. The van der Waals surface area contributed by atoms with E-state index in [2.05, 4.69) is 24.1 Å². The number of aryl methyl sites for hydroxylation is 1. The van der Waals surface area contributed by atoms with Gasteiger partial charge in [-0.05, 0) is 37.9 Å². The molecule has 0 aromatic carbocycles. The maximum atomic E-state index is 9.61. The maximum absolute atomic E-state index is 9.61. The monoisotopic (exact) mass is 236 g/mol. The van der Waals surface area contributed by atoms with Crippen LogP contribution in [-0.2, 0) is 6.54 Å². The van der Waals surface area contributed by atoms with Gasteiger partial charge in [-0.2, -0.15) is 0 Å². The van der Waals surface area contributed by atoms with Crippen LogP contribution >= 0.6 is 0 Å². The van der Waals surface area contributed by atoms with Crippen molar-refractivity contribution in [2.24, 2.45) is 5.92 Å². The Balaban J connectivity index is 2.20. The number of nitrogens with zero attached hydrogens (tertiary/aromatic N) is 1. The van der Waals surface area contributed by atoms with Crippen molar-refractivity contribution in [3.05, 3.63) is 23.5 Å². The predicted molar refractivity (Wildman–Crippen MR) is 71.0 cm³/mol. The van der Waals surface area contributed by atoms with Crippen LogP contribution in [-0.4, -0.2) is 16.6 Å². The van der Waals surface area contributed by atoms with Gasteiger partial charge >= 0.3 is 0 Å². The Hall–Kier alpha value is -1.09. The van der Waals surface area contributed by atoms with Crippen molar-refractivity contribution in [2.45, 2.75) is 46.6 Å². The summed E-state index contributed by atoms with van der Waals surface area (Å²) in [7, 11) is 0. The molecule has 0 radical (unpaired) electrons. The van der Waals surface area contributed by atoms with Gasteiger partial charge in [-0.1, -0.05) is 26.7 Å². The van der Waals surface area contributed by atoms with Gasteiger partial charge in [0.05, 0.1) is 5.69 Å². The highest BCUT2D eigenvalue weighted by Gasteiger charge is 2.02. The Bertz CT molecular complexity index is 337. The molecule has 0 bridgehead atoms. The van der Waals surface area contributed by atoms with Gasteiger partial charge in [0.2, 0.25) is 0 Å². The average Bonchev–Trinajstić information content (AvgIpc) is 2.27. The highest BCUT2D eigenvalue weighted by Crippen LogP contribution is 2.14. The second kappa shape index (κ2) is 7.28. The molecular weight excluding hydrogens is 212 g/mol. The van der Waals surface area contributed by atoms with E-state index in [1.165, 1.54) is 19.3 Å². The molecular formula is C14H24N2O. The zero-order valence-corrected chi connectivity index (χ0v) is 11.2. The summed E-state index contributed by atoms with van der Waals surface area (Å²) in [6.07, 6.45) is 3.73. The molecule has 0 saturated carbocycles. The number of hydrogen-bond donors (Lipinski definition) is 2. The molecule has 0 atom stereocenters. The summed E-state index contributed by atoms with van der Waals surface area (Å²) in [5.74, 6) is 1.07. The minimum atomic E-state index is 0.283. The normalized spacial score (nSPS) is 11.1. The Morgan fingerprint density at radius 1 is 1.29 bits per heavy atom. The lowest BCUT2D eigenvalue weighted by molar-refractivity contribution is 0.457. The van der Waals surface area contributed by atoms with Gasteiger partial charge in [0.15, 0.2) is 0 Å². The molecule has 1 rings (SSSR count). The highest BCUT2D eigenvalue weighted by molar-refractivity contribution is 5.27. The van der Waals surface area contributed by atoms with Gasteiger partial charge < -0.3 is 10.4 Å². The summed E-state index contributed by atoms with van der Waals surface area (Å²) in [4.78, 5) is 4.31. The van der Waals surface area contributed by atoms with Gasteiger partial charge in [-0.25, -0.2) is 0 Å². The lowest BCUT2D eigenvalue weighted by Gasteiger charge is -2.07. The largest absolute Gasteiger partial charge is 0.506 e. The molecule has 3 heteroatoms. The molecule has 0 aliphatic rings. The van der Waals surface area contributed by atoms with Crippen molar-refractivity contribution in [3.63, 3.8) is 0 Å². The quantitative estimate of drug-likeness (QED) is 0.715. The fourth-order valence-electron chi connectivity index (χ4n) is 1.74. The molecule has 0 amide bonds. The van der Waals surface area contributed by atoms with Crippen molar-refractivity contribution in [2.75, 3.05) is 6.54 Å². The van der Waals surface area contributed by atoms with Crippen molar-refractivity contribution in [1.29, 1.82) is 0 Å². The Kier molecular flexibility index (Phi) is 5.98. The lowest BCUT2D eigenvalue weighted by Crippen LogP contribution is -2.16. The molecule has 0 aliphatic heterocycles. The van der Waals surface area contributed by atoms with Crippen molar-refractivity contribution in [1.82, 2.24) is 10.3 Å². The SMILES string of the molecule is Cc1ccc(O)c(CNCCCCC(C)C)n1. The smallest absolute Gasteiger partial charge is 0.138 e. The van der Waals surface area contributed by atoms with Gasteiger partial charge in [-0.3, -0.25) is 4.98 Å². The molecule has 96 valence electrons. The third kappa shape index (κ3) is 5.68. The van der Waals surface area contributed by atoms with Crippen LogP contribution in [0, 0.1) is 12.8 Å². The van der Waals surface area contributed by atoms with Crippen LogP contribution in [0.2, 0.25) is 0 Å². The van der Waals surface area contributed by atoms with E-state index in [9.17, 15) is 5.11 Å². The lowest BCUT2D eigenvalue weighted by atomic mass is 10.1. The van der Waals surface area contributed by atoms with Crippen molar-refractivity contribution < 1.29 is 5.11 Å². The van der Waals surface area contributed by atoms with Crippen LogP contribution < -0.4 is 5.32 Å². The van der Waals surface area contributed by atoms with Gasteiger partial charge in [-0.15, -0.1) is 0 Å². The van der Waals surface area contributed by atoms with Gasteiger partial charge in [0.1, 0.15) is 5.75 Å². The summed E-state index contributed by atoms with van der Waals surface area (Å²) < 4.78 is 0. The Morgan fingerprint density at radius 2 is 2.06 bits per heavy atom. The standard InChI is InChI=1S/C14H24N2O/c1-11(2)6-4-5-9-15-10-13-14(17)8-7-12(3)16-13/h7-8,11,15,17H,4-6,9-10H2,1-3H3. The second-order valence-electron chi connectivity index (χ2n) is 4.98. The van der Waals surface area contributed by atoms with Crippen LogP contribution in [0.25, 0.3) is 0 Å². The van der Waals surface area contributed by atoms with E-state index < -0.39 is 0 Å². The number of rotatable bonds is 7. The molecule has 0 unspecified atom stereocenters. The zero-order chi connectivity index (χ0) is 12.7. The Morgan fingerprint density at radius 3 is 2.76 bits per heavy atom. The fourth-order valence-corrected chi connectivity index (χ4v) is 1.74. The van der Waals surface area contributed by atoms with E-state index in [-0.39, 0.29) is 5.75 Å². The second-order valence-corrected chi connectivity index (χ2v) is 4.98. The Labute approximate surface area is 104 Å². The van der Waals surface area contributed by atoms with E-state index in [1.807, 2.05) is 13.0 Å². The van der Waals surface area contributed by atoms with E-state index in [4.69, 9.17) is 0 Å². The number of pyridine rings is 1. The summed E-state index contributed by atoms with van der Waals surface area (Å²) >= 11 is 0. The number of unbranched alkanes of at least 4 members (excludes halogenated alkanes) is 1. The van der Waals surface area contributed by atoms with Crippen LogP contribution in [0.1, 0.15) is 44.5 Å². The van der Waals surface area contributed by atoms with Crippen LogP contribution in [0.5, 0.6) is 5.75 Å². The van der Waals surface area contributed by atoms with E-state index >= 15 is 0 Å². The molecule has 0 fully saturated rings. The van der Waals surface area contributed by atoms with Crippen molar-refractivity contribution >= 4 is 0 Å². The molecule has 1 aromatic heterocycles. The van der Waals surface area contributed by atoms with E-state index in [0.29, 0.717) is 6.54 Å². The first-order chi connectivity index (χ1) is 8.09. The molecule has 1 heterocycles. The molecule has 17 heavy (non-hydrogen) atoms. The predicted octanol–water partition coefficient (Wildman–Crippen LogP) is 3.01. The van der Waals surface area contributed by atoms with Crippen LogP contribution in [0.4, 0.5) is 0 Å². The van der Waals surface area contributed by atoms with Crippen LogP contribution in [0.15, 0.2) is 12.1 Å². The third-order valence-electron chi connectivity index (χ3n) is 2.77. The van der Waals surface area contributed by atoms with E-state index in [0.717, 1.165) is 23.9 Å². The topological polar surface area (TPSA) is 45.1 Å². The molecule has 0 aliphatic carbocycles. The van der Waals surface area contributed by atoms with Crippen molar-refractivity contribution in [3.8, 4) is 5.75 Å². The zero-order valence-electron chi connectivity index (χ0n) is 11.2. The minimum Gasteiger partial charge on any atom is -0.506 e. The number of nitrogens with one attached hydrogen (secondary N) is 1.